The van der Waals surface area contributed by atoms with Crippen molar-refractivity contribution >= 4 is 23.1 Å². The van der Waals surface area contributed by atoms with E-state index in [1.165, 1.54) is 12.3 Å². The maximum absolute atomic E-state index is 13.7. The van der Waals surface area contributed by atoms with Crippen LogP contribution in [-0.4, -0.2) is 15.2 Å². The third-order valence-electron chi connectivity index (χ3n) is 3.69. The zero-order valence-corrected chi connectivity index (χ0v) is 14.1. The Hall–Kier alpha value is -3.09. The summed E-state index contributed by atoms with van der Waals surface area (Å²) in [5, 5.41) is 13.5. The maximum Gasteiger partial charge on any atom is 0.249 e. The van der Waals surface area contributed by atoms with Crippen molar-refractivity contribution < 1.29 is 8.78 Å². The van der Waals surface area contributed by atoms with Crippen molar-refractivity contribution in [3.05, 3.63) is 64.9 Å². The van der Waals surface area contributed by atoms with Gasteiger partial charge in [-0.15, -0.1) is 5.10 Å². The molecule has 0 bridgehead atoms. The standard InChI is InChI=1S/C18H17F2N5/c1-10-7-11(2)16(12(3)8-10)24-18-23-15(9-21-25-18)22-17-13(19)5-4-6-14(17)20/h4-9H,1-3H3,(H2,22,23,24,25). The lowest BCUT2D eigenvalue weighted by Crippen LogP contribution is -2.06. The minimum atomic E-state index is -0.710. The summed E-state index contributed by atoms with van der Waals surface area (Å²) in [6.07, 6.45) is 1.30. The second kappa shape index (κ2) is 6.80. The van der Waals surface area contributed by atoms with Gasteiger partial charge in [0.15, 0.2) is 5.82 Å². The van der Waals surface area contributed by atoms with Crippen LogP contribution in [0.2, 0.25) is 0 Å². The van der Waals surface area contributed by atoms with E-state index in [0.29, 0.717) is 0 Å². The molecule has 0 aliphatic rings. The number of halogens is 2. The van der Waals surface area contributed by atoms with Crippen LogP contribution in [0.5, 0.6) is 0 Å². The fraction of sp³-hybridized carbons (Fsp3) is 0.167. The van der Waals surface area contributed by atoms with E-state index in [1.807, 2.05) is 32.9 Å². The Kier molecular flexibility index (Phi) is 4.56. The summed E-state index contributed by atoms with van der Waals surface area (Å²) in [7, 11) is 0. The molecule has 0 saturated carbocycles. The van der Waals surface area contributed by atoms with Crippen LogP contribution in [-0.2, 0) is 0 Å². The van der Waals surface area contributed by atoms with Gasteiger partial charge in [-0.25, -0.2) is 8.78 Å². The molecular formula is C18H17F2N5. The second-order valence-electron chi connectivity index (χ2n) is 5.79. The SMILES string of the molecule is Cc1cc(C)c(Nc2nncc(Nc3c(F)cccc3F)n2)c(C)c1. The molecule has 0 fully saturated rings. The molecule has 1 aromatic heterocycles. The third-order valence-corrected chi connectivity index (χ3v) is 3.69. The molecule has 0 atom stereocenters. The fourth-order valence-electron chi connectivity index (χ4n) is 2.65. The zero-order chi connectivity index (χ0) is 18.0. The predicted octanol–water partition coefficient (Wildman–Crippen LogP) is 4.56. The first-order valence-corrected chi connectivity index (χ1v) is 7.69. The number of aromatic nitrogens is 3. The molecule has 0 amide bonds. The number of benzene rings is 2. The molecule has 3 aromatic rings. The summed E-state index contributed by atoms with van der Waals surface area (Å²) < 4.78 is 27.5. The van der Waals surface area contributed by atoms with Crippen molar-refractivity contribution in [3.63, 3.8) is 0 Å². The van der Waals surface area contributed by atoms with Gasteiger partial charge in [-0.2, -0.15) is 10.1 Å². The molecule has 2 aromatic carbocycles. The Morgan fingerprint density at radius 2 is 1.52 bits per heavy atom. The van der Waals surface area contributed by atoms with Crippen LogP contribution in [0.1, 0.15) is 16.7 Å². The first-order valence-electron chi connectivity index (χ1n) is 7.69. The first kappa shape index (κ1) is 16.8. The number of nitrogens with zero attached hydrogens (tertiary/aromatic N) is 3. The van der Waals surface area contributed by atoms with Gasteiger partial charge in [0.05, 0.1) is 6.20 Å². The third kappa shape index (κ3) is 3.71. The van der Waals surface area contributed by atoms with Gasteiger partial charge < -0.3 is 10.6 Å². The number of anilines is 4. The van der Waals surface area contributed by atoms with E-state index >= 15 is 0 Å². The molecule has 0 aliphatic carbocycles. The number of nitrogens with one attached hydrogen (secondary N) is 2. The summed E-state index contributed by atoms with van der Waals surface area (Å²) >= 11 is 0. The van der Waals surface area contributed by atoms with Crippen LogP contribution < -0.4 is 10.6 Å². The second-order valence-corrected chi connectivity index (χ2v) is 5.79. The lowest BCUT2D eigenvalue weighted by Gasteiger charge is -2.13. The highest BCUT2D eigenvalue weighted by molar-refractivity contribution is 5.65. The Labute approximate surface area is 144 Å². The molecule has 0 aliphatic heterocycles. The quantitative estimate of drug-likeness (QED) is 0.728. The average Bonchev–Trinajstić information content (AvgIpc) is 2.55. The van der Waals surface area contributed by atoms with E-state index < -0.39 is 11.6 Å². The van der Waals surface area contributed by atoms with E-state index in [9.17, 15) is 8.78 Å². The Morgan fingerprint density at radius 3 is 2.16 bits per heavy atom. The highest BCUT2D eigenvalue weighted by atomic mass is 19.1. The van der Waals surface area contributed by atoms with Crippen molar-refractivity contribution in [2.75, 3.05) is 10.6 Å². The largest absolute Gasteiger partial charge is 0.334 e. The lowest BCUT2D eigenvalue weighted by molar-refractivity contribution is 0.590. The summed E-state index contributed by atoms with van der Waals surface area (Å²) in [5.41, 5.74) is 3.84. The van der Waals surface area contributed by atoms with Crippen LogP contribution in [0.15, 0.2) is 36.5 Å². The van der Waals surface area contributed by atoms with E-state index in [0.717, 1.165) is 34.5 Å². The fourth-order valence-corrected chi connectivity index (χ4v) is 2.65. The van der Waals surface area contributed by atoms with Crippen LogP contribution in [0.4, 0.5) is 31.9 Å². The van der Waals surface area contributed by atoms with E-state index in [1.54, 1.807) is 0 Å². The highest BCUT2D eigenvalue weighted by Crippen LogP contribution is 2.25. The van der Waals surface area contributed by atoms with Crippen LogP contribution >= 0.6 is 0 Å². The van der Waals surface area contributed by atoms with Gasteiger partial charge in [0.25, 0.3) is 0 Å². The number of aryl methyl sites for hydroxylation is 3. The number of rotatable bonds is 4. The first-order chi connectivity index (χ1) is 11.9. The normalized spacial score (nSPS) is 10.6. The molecule has 3 rings (SSSR count). The molecule has 0 saturated heterocycles. The topological polar surface area (TPSA) is 62.7 Å². The van der Waals surface area contributed by atoms with Gasteiger partial charge >= 0.3 is 0 Å². The number of hydrogen-bond acceptors (Lipinski definition) is 5. The summed E-state index contributed by atoms with van der Waals surface area (Å²) in [5.74, 6) is -1.00. The van der Waals surface area contributed by atoms with Crippen LogP contribution in [0.3, 0.4) is 0 Å². The highest BCUT2D eigenvalue weighted by Gasteiger charge is 2.11. The molecule has 2 N–H and O–H groups in total. The molecular weight excluding hydrogens is 324 g/mol. The van der Waals surface area contributed by atoms with Crippen molar-refractivity contribution in [1.29, 1.82) is 0 Å². The van der Waals surface area contributed by atoms with Crippen molar-refractivity contribution in [3.8, 4) is 0 Å². The number of hydrogen-bond donors (Lipinski definition) is 2. The van der Waals surface area contributed by atoms with E-state index in [-0.39, 0.29) is 17.5 Å². The van der Waals surface area contributed by atoms with E-state index in [2.05, 4.69) is 25.8 Å². The van der Waals surface area contributed by atoms with Crippen molar-refractivity contribution in [2.45, 2.75) is 20.8 Å². The summed E-state index contributed by atoms with van der Waals surface area (Å²) in [6, 6.07) is 7.71. The molecule has 128 valence electrons. The Bertz CT molecular complexity index is 884. The molecule has 7 heteroatoms. The van der Waals surface area contributed by atoms with Gasteiger partial charge in [-0.05, 0) is 44.0 Å². The monoisotopic (exact) mass is 341 g/mol. The Morgan fingerprint density at radius 1 is 0.880 bits per heavy atom. The maximum atomic E-state index is 13.7. The summed E-state index contributed by atoms with van der Waals surface area (Å²) in [6.45, 7) is 5.98. The molecule has 1 heterocycles. The molecule has 0 radical (unpaired) electrons. The van der Waals surface area contributed by atoms with Gasteiger partial charge in [0.2, 0.25) is 5.95 Å². The van der Waals surface area contributed by atoms with Gasteiger partial charge in [0.1, 0.15) is 17.3 Å². The number of para-hydroxylation sites is 1. The smallest absolute Gasteiger partial charge is 0.249 e. The zero-order valence-electron chi connectivity index (χ0n) is 14.1. The molecule has 25 heavy (non-hydrogen) atoms. The molecule has 0 unspecified atom stereocenters. The minimum Gasteiger partial charge on any atom is -0.334 e. The molecule has 5 nitrogen and oxygen atoms in total. The Balaban J connectivity index is 1.88. The minimum absolute atomic E-state index is 0.184. The lowest BCUT2D eigenvalue weighted by atomic mass is 10.1. The van der Waals surface area contributed by atoms with Crippen molar-refractivity contribution in [2.24, 2.45) is 0 Å². The van der Waals surface area contributed by atoms with Gasteiger partial charge in [-0.1, -0.05) is 23.8 Å². The van der Waals surface area contributed by atoms with E-state index in [4.69, 9.17) is 0 Å². The van der Waals surface area contributed by atoms with Gasteiger partial charge in [0, 0.05) is 5.69 Å². The van der Waals surface area contributed by atoms with Gasteiger partial charge in [-0.3, -0.25) is 0 Å². The van der Waals surface area contributed by atoms with Crippen LogP contribution in [0, 0.1) is 32.4 Å². The summed E-state index contributed by atoms with van der Waals surface area (Å²) in [4.78, 5) is 4.22. The predicted molar refractivity (Wildman–Crippen MR) is 93.4 cm³/mol. The average molecular weight is 341 g/mol. The molecule has 0 spiro atoms. The van der Waals surface area contributed by atoms with Crippen molar-refractivity contribution in [1.82, 2.24) is 15.2 Å². The van der Waals surface area contributed by atoms with Crippen LogP contribution in [0.25, 0.3) is 0 Å².